The Balaban J connectivity index is 0. The smallest absolute Gasteiger partial charge is 0.129 e. The van der Waals surface area contributed by atoms with Crippen LogP contribution < -0.4 is 10.6 Å². The molecular weight excluding hydrogens is 308 g/mol. The van der Waals surface area contributed by atoms with Crippen LogP contribution in [-0.2, 0) is 12.0 Å². The van der Waals surface area contributed by atoms with Gasteiger partial charge in [0.05, 0.1) is 0 Å². The summed E-state index contributed by atoms with van der Waals surface area (Å²) in [5.74, 6) is 0.278. The van der Waals surface area contributed by atoms with Crippen LogP contribution in [0, 0.1) is 12.8 Å². The summed E-state index contributed by atoms with van der Waals surface area (Å²) in [4.78, 5) is 0. The predicted octanol–water partition coefficient (Wildman–Crippen LogP) is 4.94. The van der Waals surface area contributed by atoms with Crippen molar-refractivity contribution in [1.82, 2.24) is 10.6 Å². The molecule has 0 aliphatic carbocycles. The second-order valence-electron chi connectivity index (χ2n) is 5.93. The molecule has 0 bridgehead atoms. The molecule has 0 aliphatic heterocycles. The maximum absolute atomic E-state index is 10.5. The van der Waals surface area contributed by atoms with Crippen molar-refractivity contribution in [2.24, 2.45) is 0 Å². The van der Waals surface area contributed by atoms with Gasteiger partial charge >= 0.3 is 0 Å². The number of phenols is 1. The van der Waals surface area contributed by atoms with Crippen molar-refractivity contribution < 1.29 is 5.11 Å². The fourth-order valence-corrected chi connectivity index (χ4v) is 2.08. The van der Waals surface area contributed by atoms with E-state index in [0.717, 1.165) is 16.8 Å². The highest BCUT2D eigenvalue weighted by atomic mass is 16.3. The Labute approximate surface area is 154 Å². The van der Waals surface area contributed by atoms with Crippen LogP contribution in [0.1, 0.15) is 51.3 Å². The van der Waals surface area contributed by atoms with Crippen LogP contribution in [0.4, 0.5) is 0 Å². The lowest BCUT2D eigenvalue weighted by Gasteiger charge is -2.23. The van der Waals surface area contributed by atoms with Crippen molar-refractivity contribution >= 4 is 5.70 Å². The van der Waals surface area contributed by atoms with Crippen molar-refractivity contribution in [2.45, 2.75) is 46.6 Å². The first kappa shape index (κ1) is 24.6. The highest BCUT2D eigenvalue weighted by molar-refractivity contribution is 5.72. The normalized spacial score (nSPS) is 10.3. The fraction of sp³-hybridized carbons (Fsp3) is 0.364. The molecule has 0 spiro atoms. The minimum Gasteiger partial charge on any atom is -0.507 e. The second kappa shape index (κ2) is 12.8. The number of phenolic OH excluding ortho intramolecular Hbond substituents is 1. The Kier molecular flexibility index (Phi) is 12.6. The average Bonchev–Trinajstić information content (AvgIpc) is 2.61. The Hall–Kier alpha value is -2.60. The summed E-state index contributed by atoms with van der Waals surface area (Å²) in [7, 11) is 1.83. The SMILES string of the molecule is C#C.C=C/C=C(\NC)c1cc(C(C)(C)C)cc(CNC=C)c1O.CC. The molecule has 0 unspecified atom stereocenters. The molecule has 0 radical (unpaired) electrons. The van der Waals surface area contributed by atoms with Crippen molar-refractivity contribution in [3.63, 3.8) is 0 Å². The molecule has 0 aromatic heterocycles. The predicted molar refractivity (Wildman–Crippen MR) is 112 cm³/mol. The Morgan fingerprint density at radius 1 is 1.20 bits per heavy atom. The number of rotatable bonds is 6. The molecule has 3 heteroatoms. The van der Waals surface area contributed by atoms with Gasteiger partial charge in [-0.05, 0) is 35.4 Å². The van der Waals surface area contributed by atoms with E-state index in [-0.39, 0.29) is 11.2 Å². The van der Waals surface area contributed by atoms with E-state index < -0.39 is 0 Å². The Bertz CT molecular complexity index is 590. The molecule has 0 aliphatic rings. The third-order valence-corrected chi connectivity index (χ3v) is 3.34. The van der Waals surface area contributed by atoms with E-state index in [1.165, 1.54) is 5.56 Å². The monoisotopic (exact) mass is 342 g/mol. The maximum atomic E-state index is 10.5. The zero-order valence-electron chi connectivity index (χ0n) is 16.6. The highest BCUT2D eigenvalue weighted by Gasteiger charge is 2.19. The number of hydrogen-bond acceptors (Lipinski definition) is 3. The number of terminal acetylenes is 1. The molecule has 0 heterocycles. The molecule has 1 aromatic rings. The van der Waals surface area contributed by atoms with Crippen LogP contribution in [-0.4, -0.2) is 12.2 Å². The third kappa shape index (κ3) is 7.67. The van der Waals surface area contributed by atoms with Gasteiger partial charge in [0.25, 0.3) is 0 Å². The molecule has 25 heavy (non-hydrogen) atoms. The lowest BCUT2D eigenvalue weighted by Crippen LogP contribution is -2.15. The zero-order chi connectivity index (χ0) is 20.0. The van der Waals surface area contributed by atoms with Gasteiger partial charge in [-0.1, -0.05) is 53.9 Å². The van der Waals surface area contributed by atoms with Gasteiger partial charge in [-0.15, -0.1) is 12.8 Å². The summed E-state index contributed by atoms with van der Waals surface area (Å²) in [5.41, 5.74) is 3.64. The van der Waals surface area contributed by atoms with E-state index >= 15 is 0 Å². The lowest BCUT2D eigenvalue weighted by atomic mass is 9.84. The van der Waals surface area contributed by atoms with Crippen LogP contribution in [0.5, 0.6) is 5.75 Å². The average molecular weight is 343 g/mol. The highest BCUT2D eigenvalue weighted by Crippen LogP contribution is 2.34. The van der Waals surface area contributed by atoms with Crippen LogP contribution in [0.2, 0.25) is 0 Å². The summed E-state index contributed by atoms with van der Waals surface area (Å²) in [5, 5.41) is 16.7. The summed E-state index contributed by atoms with van der Waals surface area (Å²) >= 11 is 0. The molecule has 0 fully saturated rings. The first-order chi connectivity index (χ1) is 11.8. The van der Waals surface area contributed by atoms with E-state index in [9.17, 15) is 5.11 Å². The van der Waals surface area contributed by atoms with E-state index in [0.29, 0.717) is 6.54 Å². The topological polar surface area (TPSA) is 44.3 Å². The van der Waals surface area contributed by atoms with Gasteiger partial charge in [0, 0.05) is 30.4 Å². The van der Waals surface area contributed by atoms with Gasteiger partial charge in [0.1, 0.15) is 5.75 Å². The molecule has 0 saturated heterocycles. The summed E-state index contributed by atoms with van der Waals surface area (Å²) in [6.07, 6.45) is 13.2. The quantitative estimate of drug-likeness (QED) is 0.506. The van der Waals surface area contributed by atoms with E-state index in [2.05, 4.69) is 57.4 Å². The van der Waals surface area contributed by atoms with Gasteiger partial charge in [0.15, 0.2) is 0 Å². The van der Waals surface area contributed by atoms with Crippen LogP contribution in [0.25, 0.3) is 5.70 Å². The van der Waals surface area contributed by atoms with E-state index in [4.69, 9.17) is 0 Å². The summed E-state index contributed by atoms with van der Waals surface area (Å²) < 4.78 is 0. The van der Waals surface area contributed by atoms with Gasteiger partial charge in [-0.3, -0.25) is 0 Å². The number of aromatic hydroxyl groups is 1. The number of nitrogens with one attached hydrogen (secondary N) is 2. The lowest BCUT2D eigenvalue weighted by molar-refractivity contribution is 0.463. The maximum Gasteiger partial charge on any atom is 0.129 e. The van der Waals surface area contributed by atoms with Crippen molar-refractivity contribution in [3.05, 3.63) is 60.3 Å². The molecule has 3 nitrogen and oxygen atoms in total. The van der Waals surface area contributed by atoms with E-state index in [1.54, 1.807) is 12.3 Å². The first-order valence-corrected chi connectivity index (χ1v) is 8.40. The molecule has 0 atom stereocenters. The number of benzene rings is 1. The number of hydrogen-bond donors (Lipinski definition) is 3. The summed E-state index contributed by atoms with van der Waals surface area (Å²) in [6, 6.07) is 4.06. The molecule has 0 amide bonds. The van der Waals surface area contributed by atoms with E-state index in [1.807, 2.05) is 39.1 Å². The second-order valence-corrected chi connectivity index (χ2v) is 5.93. The minimum atomic E-state index is -0.00158. The van der Waals surface area contributed by atoms with Crippen LogP contribution in [0.15, 0.2) is 43.6 Å². The minimum absolute atomic E-state index is 0.00158. The van der Waals surface area contributed by atoms with Crippen LogP contribution >= 0.6 is 0 Å². The standard InChI is InChI=1S/C18H26N2O.C2H6.C2H2/c1-7-9-16(19-6)15-11-14(18(3,4)5)10-13(17(15)21)12-20-8-2;2*1-2/h7-11,19-21H,1-2,12H2,3-6H3;1-2H3;1-2H/b16-9-;;. The zero-order valence-corrected chi connectivity index (χ0v) is 16.6. The number of allylic oxidation sites excluding steroid dienone is 2. The van der Waals surface area contributed by atoms with Gasteiger partial charge in [-0.25, -0.2) is 0 Å². The van der Waals surface area contributed by atoms with Gasteiger partial charge in [-0.2, -0.15) is 0 Å². The molecule has 3 N–H and O–H groups in total. The largest absolute Gasteiger partial charge is 0.507 e. The third-order valence-electron chi connectivity index (χ3n) is 3.34. The molecule has 0 saturated carbocycles. The van der Waals surface area contributed by atoms with Gasteiger partial charge < -0.3 is 15.7 Å². The first-order valence-electron chi connectivity index (χ1n) is 8.40. The summed E-state index contributed by atoms with van der Waals surface area (Å²) in [6.45, 7) is 18.4. The molecule has 138 valence electrons. The van der Waals surface area contributed by atoms with Crippen molar-refractivity contribution in [2.75, 3.05) is 7.05 Å². The van der Waals surface area contributed by atoms with Crippen LogP contribution in [0.3, 0.4) is 0 Å². The Morgan fingerprint density at radius 3 is 2.16 bits per heavy atom. The molecule has 1 aromatic carbocycles. The Morgan fingerprint density at radius 2 is 1.76 bits per heavy atom. The fourth-order valence-electron chi connectivity index (χ4n) is 2.08. The van der Waals surface area contributed by atoms with Crippen molar-refractivity contribution in [1.29, 1.82) is 0 Å². The molecule has 1 rings (SSSR count). The molecular formula is C22H34N2O. The van der Waals surface area contributed by atoms with Gasteiger partial charge in [0.2, 0.25) is 0 Å². The van der Waals surface area contributed by atoms with Crippen molar-refractivity contribution in [3.8, 4) is 18.6 Å².